The molecular formula is C16H14Cl2N2O2S. The average molecular weight is 369 g/mol. The number of halogens is 2. The van der Waals surface area contributed by atoms with Crippen molar-refractivity contribution in [1.29, 1.82) is 0 Å². The number of hydrogen-bond acceptors (Lipinski definition) is 3. The van der Waals surface area contributed by atoms with Gasteiger partial charge in [0.15, 0.2) is 0 Å². The van der Waals surface area contributed by atoms with Crippen LogP contribution in [0.15, 0.2) is 47.4 Å². The van der Waals surface area contributed by atoms with Crippen molar-refractivity contribution in [2.75, 3.05) is 5.75 Å². The van der Waals surface area contributed by atoms with Gasteiger partial charge in [0, 0.05) is 10.5 Å². The third-order valence-electron chi connectivity index (χ3n) is 2.90. The first kappa shape index (κ1) is 17.7. The van der Waals surface area contributed by atoms with E-state index in [-0.39, 0.29) is 17.6 Å². The lowest BCUT2D eigenvalue weighted by atomic mass is 10.1. The van der Waals surface area contributed by atoms with Crippen molar-refractivity contribution in [3.05, 3.63) is 63.6 Å². The van der Waals surface area contributed by atoms with Crippen LogP contribution in [0.25, 0.3) is 0 Å². The molecule has 120 valence electrons. The molecule has 0 saturated carbocycles. The number of nitrogens with one attached hydrogen (secondary N) is 2. The van der Waals surface area contributed by atoms with Crippen LogP contribution in [0.4, 0.5) is 0 Å². The van der Waals surface area contributed by atoms with E-state index < -0.39 is 0 Å². The molecule has 23 heavy (non-hydrogen) atoms. The van der Waals surface area contributed by atoms with Crippen LogP contribution in [0.3, 0.4) is 0 Å². The molecule has 2 N–H and O–H groups in total. The van der Waals surface area contributed by atoms with E-state index in [1.165, 1.54) is 11.8 Å². The quantitative estimate of drug-likeness (QED) is 0.636. The van der Waals surface area contributed by atoms with Crippen LogP contribution in [0, 0.1) is 6.92 Å². The molecule has 0 aliphatic rings. The van der Waals surface area contributed by atoms with E-state index >= 15 is 0 Å². The summed E-state index contributed by atoms with van der Waals surface area (Å²) in [6.07, 6.45) is 0. The molecule has 0 bridgehead atoms. The van der Waals surface area contributed by atoms with Gasteiger partial charge in [-0.1, -0.05) is 47.0 Å². The number of hydrogen-bond donors (Lipinski definition) is 2. The first-order valence-electron chi connectivity index (χ1n) is 6.70. The minimum absolute atomic E-state index is 0.0810. The number of amides is 2. The van der Waals surface area contributed by atoms with E-state index in [1.54, 1.807) is 30.3 Å². The SMILES string of the molecule is Cc1ccc(C(=O)NNC(=O)CSc2c(Cl)cccc2Cl)cc1. The zero-order valence-corrected chi connectivity index (χ0v) is 14.6. The van der Waals surface area contributed by atoms with Gasteiger partial charge in [-0.3, -0.25) is 20.4 Å². The number of carbonyl (C=O) groups excluding carboxylic acids is 2. The topological polar surface area (TPSA) is 58.2 Å². The molecule has 0 aliphatic heterocycles. The fourth-order valence-corrected chi connectivity index (χ4v) is 3.18. The van der Waals surface area contributed by atoms with Crippen molar-refractivity contribution in [3.8, 4) is 0 Å². The second-order valence-corrected chi connectivity index (χ2v) is 6.51. The van der Waals surface area contributed by atoms with Gasteiger partial charge in [-0.2, -0.15) is 0 Å². The highest BCUT2D eigenvalue weighted by atomic mass is 35.5. The molecule has 0 atom stereocenters. The van der Waals surface area contributed by atoms with E-state index in [0.29, 0.717) is 20.5 Å². The van der Waals surface area contributed by atoms with Crippen molar-refractivity contribution < 1.29 is 9.59 Å². The maximum absolute atomic E-state index is 11.9. The lowest BCUT2D eigenvalue weighted by Crippen LogP contribution is -2.42. The second-order valence-electron chi connectivity index (χ2n) is 4.71. The first-order valence-corrected chi connectivity index (χ1v) is 8.44. The minimum atomic E-state index is -0.376. The zero-order valence-electron chi connectivity index (χ0n) is 12.2. The standard InChI is InChI=1S/C16H14Cl2N2O2S/c1-10-5-7-11(8-6-10)16(22)20-19-14(21)9-23-15-12(17)3-2-4-13(15)18/h2-8H,9H2,1H3,(H,19,21)(H,20,22). The van der Waals surface area contributed by atoms with Gasteiger partial charge in [0.05, 0.1) is 15.8 Å². The molecule has 0 saturated heterocycles. The summed E-state index contributed by atoms with van der Waals surface area (Å²) in [5, 5.41) is 0.970. The second kappa shape index (κ2) is 8.24. The molecule has 0 radical (unpaired) electrons. The molecule has 0 aliphatic carbocycles. The Morgan fingerprint density at radius 3 is 2.22 bits per heavy atom. The van der Waals surface area contributed by atoms with Gasteiger partial charge in [0.1, 0.15) is 0 Å². The Bertz CT molecular complexity index is 700. The number of thioether (sulfide) groups is 1. The number of carbonyl (C=O) groups is 2. The van der Waals surface area contributed by atoms with Gasteiger partial charge in [-0.25, -0.2) is 0 Å². The van der Waals surface area contributed by atoms with Gasteiger partial charge < -0.3 is 0 Å². The van der Waals surface area contributed by atoms with E-state index in [1.807, 2.05) is 19.1 Å². The number of benzene rings is 2. The normalized spacial score (nSPS) is 10.2. The summed E-state index contributed by atoms with van der Waals surface area (Å²) < 4.78 is 0. The molecule has 0 unspecified atom stereocenters. The van der Waals surface area contributed by atoms with Crippen molar-refractivity contribution in [3.63, 3.8) is 0 Å². The smallest absolute Gasteiger partial charge is 0.269 e. The number of rotatable bonds is 4. The highest BCUT2D eigenvalue weighted by Gasteiger charge is 2.10. The van der Waals surface area contributed by atoms with Gasteiger partial charge in [0.2, 0.25) is 5.91 Å². The molecule has 2 aromatic carbocycles. The molecule has 2 rings (SSSR count). The Kier molecular flexibility index (Phi) is 6.33. The minimum Gasteiger partial charge on any atom is -0.272 e. The molecule has 2 amide bonds. The lowest BCUT2D eigenvalue weighted by Gasteiger charge is -2.09. The Balaban J connectivity index is 1.83. The highest BCUT2D eigenvalue weighted by Crippen LogP contribution is 2.33. The molecule has 4 nitrogen and oxygen atoms in total. The van der Waals surface area contributed by atoms with Gasteiger partial charge >= 0.3 is 0 Å². The van der Waals surface area contributed by atoms with Crippen molar-refractivity contribution in [1.82, 2.24) is 10.9 Å². The summed E-state index contributed by atoms with van der Waals surface area (Å²) in [6.45, 7) is 1.93. The summed E-state index contributed by atoms with van der Waals surface area (Å²) in [7, 11) is 0. The Morgan fingerprint density at radius 1 is 1.00 bits per heavy atom. The molecule has 0 heterocycles. The van der Waals surface area contributed by atoms with Crippen LogP contribution in [0.5, 0.6) is 0 Å². The Morgan fingerprint density at radius 2 is 1.61 bits per heavy atom. The molecular weight excluding hydrogens is 355 g/mol. The van der Waals surface area contributed by atoms with E-state index in [2.05, 4.69) is 10.9 Å². The molecule has 0 fully saturated rings. The van der Waals surface area contributed by atoms with Crippen LogP contribution in [0.1, 0.15) is 15.9 Å². The maximum atomic E-state index is 11.9. The fourth-order valence-electron chi connectivity index (χ4n) is 1.70. The molecule has 0 spiro atoms. The molecule has 7 heteroatoms. The largest absolute Gasteiger partial charge is 0.272 e. The van der Waals surface area contributed by atoms with Crippen molar-refractivity contribution in [2.24, 2.45) is 0 Å². The maximum Gasteiger partial charge on any atom is 0.269 e. The molecule has 0 aromatic heterocycles. The van der Waals surface area contributed by atoms with E-state index in [0.717, 1.165) is 5.56 Å². The van der Waals surface area contributed by atoms with Crippen LogP contribution in [0.2, 0.25) is 10.0 Å². The first-order chi connectivity index (χ1) is 11.0. The van der Waals surface area contributed by atoms with Crippen molar-refractivity contribution in [2.45, 2.75) is 11.8 Å². The van der Waals surface area contributed by atoms with E-state index in [9.17, 15) is 9.59 Å². The monoisotopic (exact) mass is 368 g/mol. The summed E-state index contributed by atoms with van der Waals surface area (Å²) in [6, 6.07) is 12.2. The predicted molar refractivity (Wildman–Crippen MR) is 94.0 cm³/mol. The average Bonchev–Trinajstić information content (AvgIpc) is 2.53. The Labute approximate surface area is 148 Å². The summed E-state index contributed by atoms with van der Waals surface area (Å²) in [4.78, 5) is 24.3. The van der Waals surface area contributed by atoms with Crippen LogP contribution in [-0.2, 0) is 4.79 Å². The molecule has 2 aromatic rings. The van der Waals surface area contributed by atoms with E-state index in [4.69, 9.17) is 23.2 Å². The summed E-state index contributed by atoms with van der Waals surface area (Å²) >= 11 is 13.3. The third-order valence-corrected chi connectivity index (χ3v) is 4.88. The van der Waals surface area contributed by atoms with Crippen LogP contribution >= 0.6 is 35.0 Å². The van der Waals surface area contributed by atoms with Gasteiger partial charge in [-0.15, -0.1) is 11.8 Å². The number of hydrazine groups is 1. The lowest BCUT2D eigenvalue weighted by molar-refractivity contribution is -0.119. The fraction of sp³-hybridized carbons (Fsp3) is 0.125. The zero-order chi connectivity index (χ0) is 16.8. The predicted octanol–water partition coefficient (Wildman–Crippen LogP) is 3.86. The van der Waals surface area contributed by atoms with Gasteiger partial charge in [0.25, 0.3) is 5.91 Å². The highest BCUT2D eigenvalue weighted by molar-refractivity contribution is 8.00. The van der Waals surface area contributed by atoms with Gasteiger partial charge in [-0.05, 0) is 31.2 Å². The third kappa shape index (κ3) is 5.16. The summed E-state index contributed by atoms with van der Waals surface area (Å²) in [5.41, 5.74) is 6.25. The Hall–Kier alpha value is -1.69. The van der Waals surface area contributed by atoms with Crippen molar-refractivity contribution >= 4 is 46.8 Å². The number of aryl methyl sites for hydroxylation is 1. The van der Waals surface area contributed by atoms with Crippen LogP contribution < -0.4 is 10.9 Å². The summed E-state index contributed by atoms with van der Waals surface area (Å²) in [5.74, 6) is -0.650. The van der Waals surface area contributed by atoms with Crippen LogP contribution in [-0.4, -0.2) is 17.6 Å².